The van der Waals surface area contributed by atoms with Crippen molar-refractivity contribution >= 4 is 10.0 Å². The molecule has 2 rings (SSSR count). The molecule has 1 aliphatic rings. The van der Waals surface area contributed by atoms with Crippen molar-refractivity contribution in [3.63, 3.8) is 0 Å². The van der Waals surface area contributed by atoms with Crippen LogP contribution in [0.2, 0.25) is 0 Å². The van der Waals surface area contributed by atoms with Crippen LogP contribution in [0.15, 0.2) is 29.2 Å². The highest BCUT2D eigenvalue weighted by molar-refractivity contribution is 7.89. The maximum Gasteiger partial charge on any atom is 0.240 e. The molecule has 21 heavy (non-hydrogen) atoms. The van der Waals surface area contributed by atoms with Crippen molar-refractivity contribution in [3.8, 4) is 0 Å². The Morgan fingerprint density at radius 3 is 2.62 bits per heavy atom. The maximum atomic E-state index is 12.2. The summed E-state index contributed by atoms with van der Waals surface area (Å²) in [4.78, 5) is 0.355. The summed E-state index contributed by atoms with van der Waals surface area (Å²) < 4.78 is 27.1. The first-order valence-electron chi connectivity index (χ1n) is 7.86. The third kappa shape index (κ3) is 4.53. The molecule has 0 aromatic heterocycles. The molecule has 2 N–H and O–H groups in total. The van der Waals surface area contributed by atoms with Gasteiger partial charge in [-0.15, -0.1) is 0 Å². The minimum absolute atomic E-state index is 0.355. The number of hydrogen-bond donors (Lipinski definition) is 2. The SMILES string of the molecule is CCC(C)c1ccc(S(=O)(=O)NCCC2CCCN2)cc1. The normalized spacial score (nSPS) is 20.6. The highest BCUT2D eigenvalue weighted by Crippen LogP contribution is 2.20. The second-order valence-electron chi connectivity index (χ2n) is 5.86. The highest BCUT2D eigenvalue weighted by atomic mass is 32.2. The molecule has 118 valence electrons. The first-order chi connectivity index (χ1) is 10.0. The average Bonchev–Trinajstić information content (AvgIpc) is 2.99. The zero-order chi connectivity index (χ0) is 15.3. The fraction of sp³-hybridized carbons (Fsp3) is 0.625. The van der Waals surface area contributed by atoms with E-state index in [4.69, 9.17) is 0 Å². The van der Waals surface area contributed by atoms with Crippen molar-refractivity contribution in [2.24, 2.45) is 0 Å². The topological polar surface area (TPSA) is 58.2 Å². The Morgan fingerprint density at radius 1 is 1.33 bits per heavy atom. The minimum atomic E-state index is -3.38. The fourth-order valence-electron chi connectivity index (χ4n) is 2.67. The summed E-state index contributed by atoms with van der Waals surface area (Å²) in [5.74, 6) is 0.461. The number of hydrogen-bond acceptors (Lipinski definition) is 3. The summed E-state index contributed by atoms with van der Waals surface area (Å²) in [5.41, 5.74) is 1.19. The lowest BCUT2D eigenvalue weighted by Crippen LogP contribution is -2.30. The Bertz CT molecular complexity index is 534. The van der Waals surface area contributed by atoms with Gasteiger partial charge >= 0.3 is 0 Å². The monoisotopic (exact) mass is 310 g/mol. The first-order valence-corrected chi connectivity index (χ1v) is 9.34. The Hall–Kier alpha value is -0.910. The Labute approximate surface area is 128 Å². The van der Waals surface area contributed by atoms with Crippen molar-refractivity contribution in [1.29, 1.82) is 0 Å². The van der Waals surface area contributed by atoms with Gasteiger partial charge in [0.15, 0.2) is 0 Å². The summed E-state index contributed by atoms with van der Waals surface area (Å²) in [5, 5.41) is 3.37. The largest absolute Gasteiger partial charge is 0.314 e. The fourth-order valence-corrected chi connectivity index (χ4v) is 3.71. The standard InChI is InChI=1S/C16H26N2O2S/c1-3-13(2)14-6-8-16(9-7-14)21(19,20)18-12-10-15-5-4-11-17-15/h6-9,13,15,17-18H,3-5,10-12H2,1-2H3. The van der Waals surface area contributed by atoms with Gasteiger partial charge in [0.25, 0.3) is 0 Å². The number of sulfonamides is 1. The Balaban J connectivity index is 1.92. The predicted octanol–water partition coefficient (Wildman–Crippen LogP) is 2.62. The molecule has 5 heteroatoms. The zero-order valence-electron chi connectivity index (χ0n) is 12.9. The smallest absolute Gasteiger partial charge is 0.240 e. The van der Waals surface area contributed by atoms with Crippen LogP contribution in [-0.2, 0) is 10.0 Å². The van der Waals surface area contributed by atoms with Crippen LogP contribution in [0.4, 0.5) is 0 Å². The van der Waals surface area contributed by atoms with Crippen LogP contribution in [0.5, 0.6) is 0 Å². The van der Waals surface area contributed by atoms with Gasteiger partial charge in [-0.05, 0) is 55.8 Å². The third-order valence-corrected chi connectivity index (χ3v) is 5.80. The van der Waals surface area contributed by atoms with E-state index in [2.05, 4.69) is 23.9 Å². The minimum Gasteiger partial charge on any atom is -0.314 e. The van der Waals surface area contributed by atoms with E-state index in [0.717, 1.165) is 25.8 Å². The molecule has 1 heterocycles. The van der Waals surface area contributed by atoms with Gasteiger partial charge in [-0.25, -0.2) is 13.1 Å². The first kappa shape index (κ1) is 16.5. The van der Waals surface area contributed by atoms with E-state index in [-0.39, 0.29) is 0 Å². The lowest BCUT2D eigenvalue weighted by Gasteiger charge is -2.12. The molecule has 1 saturated heterocycles. The lowest BCUT2D eigenvalue weighted by atomic mass is 9.99. The van der Waals surface area contributed by atoms with Crippen molar-refractivity contribution < 1.29 is 8.42 Å². The lowest BCUT2D eigenvalue weighted by molar-refractivity contribution is 0.539. The van der Waals surface area contributed by atoms with Crippen molar-refractivity contribution in [1.82, 2.24) is 10.0 Å². The second-order valence-corrected chi connectivity index (χ2v) is 7.63. The van der Waals surface area contributed by atoms with Crippen LogP contribution in [0, 0.1) is 0 Å². The van der Waals surface area contributed by atoms with Crippen LogP contribution in [-0.4, -0.2) is 27.5 Å². The van der Waals surface area contributed by atoms with Gasteiger partial charge in [0, 0.05) is 12.6 Å². The summed E-state index contributed by atoms with van der Waals surface area (Å²) >= 11 is 0. The van der Waals surface area contributed by atoms with E-state index < -0.39 is 10.0 Å². The molecule has 2 unspecified atom stereocenters. The molecule has 2 atom stereocenters. The van der Waals surface area contributed by atoms with Crippen LogP contribution in [0.1, 0.15) is 51.0 Å². The van der Waals surface area contributed by atoms with Crippen LogP contribution in [0.3, 0.4) is 0 Å². The van der Waals surface area contributed by atoms with Crippen molar-refractivity contribution in [3.05, 3.63) is 29.8 Å². The molecule has 1 aliphatic heterocycles. The van der Waals surface area contributed by atoms with Crippen molar-refractivity contribution in [2.75, 3.05) is 13.1 Å². The van der Waals surface area contributed by atoms with Gasteiger partial charge in [0.1, 0.15) is 0 Å². The molecule has 1 aromatic rings. The summed E-state index contributed by atoms with van der Waals surface area (Å²) in [6.07, 6.45) is 4.24. The van der Waals surface area contributed by atoms with Gasteiger partial charge in [-0.2, -0.15) is 0 Å². The highest BCUT2D eigenvalue weighted by Gasteiger charge is 2.17. The molecular formula is C16H26N2O2S. The third-order valence-electron chi connectivity index (χ3n) is 4.32. The Kier molecular flexibility index (Phi) is 5.79. The van der Waals surface area contributed by atoms with Gasteiger partial charge in [0.05, 0.1) is 4.90 Å². The maximum absolute atomic E-state index is 12.2. The Morgan fingerprint density at radius 2 is 2.05 bits per heavy atom. The molecule has 0 bridgehead atoms. The zero-order valence-corrected chi connectivity index (χ0v) is 13.7. The molecule has 0 saturated carbocycles. The van der Waals surface area contributed by atoms with E-state index in [9.17, 15) is 8.42 Å². The van der Waals surface area contributed by atoms with Gasteiger partial charge < -0.3 is 5.32 Å². The van der Waals surface area contributed by atoms with Gasteiger partial charge in [0.2, 0.25) is 10.0 Å². The van der Waals surface area contributed by atoms with E-state index in [1.54, 1.807) is 12.1 Å². The quantitative estimate of drug-likeness (QED) is 0.814. The predicted molar refractivity (Wildman–Crippen MR) is 86.0 cm³/mol. The number of benzene rings is 1. The second kappa shape index (κ2) is 7.38. The number of nitrogens with one attached hydrogen (secondary N) is 2. The van der Waals surface area contributed by atoms with E-state index in [0.29, 0.717) is 23.4 Å². The van der Waals surface area contributed by atoms with Crippen LogP contribution in [0.25, 0.3) is 0 Å². The molecule has 0 spiro atoms. The van der Waals surface area contributed by atoms with Gasteiger partial charge in [-0.1, -0.05) is 26.0 Å². The molecular weight excluding hydrogens is 284 g/mol. The summed E-state index contributed by atoms with van der Waals surface area (Å²) in [6.45, 7) is 5.83. The summed E-state index contributed by atoms with van der Waals surface area (Å²) in [6, 6.07) is 7.71. The van der Waals surface area contributed by atoms with E-state index in [1.807, 2.05) is 12.1 Å². The molecule has 0 aliphatic carbocycles. The molecule has 1 fully saturated rings. The van der Waals surface area contributed by atoms with Gasteiger partial charge in [-0.3, -0.25) is 0 Å². The molecule has 4 nitrogen and oxygen atoms in total. The van der Waals surface area contributed by atoms with Crippen LogP contribution < -0.4 is 10.0 Å². The average molecular weight is 310 g/mol. The van der Waals surface area contributed by atoms with E-state index >= 15 is 0 Å². The number of rotatable bonds is 7. The van der Waals surface area contributed by atoms with Crippen molar-refractivity contribution in [2.45, 2.75) is 56.4 Å². The van der Waals surface area contributed by atoms with Crippen LogP contribution >= 0.6 is 0 Å². The molecule has 0 amide bonds. The summed E-state index contributed by atoms with van der Waals surface area (Å²) in [7, 11) is -3.38. The molecule has 0 radical (unpaired) electrons. The van der Waals surface area contributed by atoms with E-state index in [1.165, 1.54) is 12.0 Å². The molecule has 1 aromatic carbocycles.